The van der Waals surface area contributed by atoms with Crippen molar-refractivity contribution in [2.24, 2.45) is 0 Å². The van der Waals surface area contributed by atoms with E-state index < -0.39 is 10.0 Å². The molecule has 0 bridgehead atoms. The Balaban J connectivity index is 1.39. The highest BCUT2D eigenvalue weighted by molar-refractivity contribution is 7.92. The molecule has 3 aromatic carbocycles. The summed E-state index contributed by atoms with van der Waals surface area (Å²) in [5, 5.41) is 2.80. The van der Waals surface area contributed by atoms with Crippen LogP contribution in [0, 0.1) is 6.92 Å². The van der Waals surface area contributed by atoms with Crippen molar-refractivity contribution in [3.8, 4) is 0 Å². The molecule has 1 aliphatic rings. The Hall–Kier alpha value is -3.36. The molecule has 3 aromatic rings. The maximum atomic E-state index is 12.6. The predicted octanol–water partition coefficient (Wildman–Crippen LogP) is 3.88. The highest BCUT2D eigenvalue weighted by atomic mass is 32.2. The van der Waals surface area contributed by atoms with E-state index in [1.165, 1.54) is 12.1 Å². The van der Waals surface area contributed by atoms with E-state index in [2.05, 4.69) is 14.9 Å². The summed E-state index contributed by atoms with van der Waals surface area (Å²) < 4.78 is 33.1. The van der Waals surface area contributed by atoms with Crippen molar-refractivity contribution in [3.05, 3.63) is 83.9 Å². The van der Waals surface area contributed by atoms with Crippen LogP contribution in [0.3, 0.4) is 0 Å². The van der Waals surface area contributed by atoms with Crippen LogP contribution in [0.1, 0.15) is 15.9 Å². The number of carbonyl (C=O) groups excluding carboxylic acids is 1. The minimum absolute atomic E-state index is 0.117. The van der Waals surface area contributed by atoms with Crippen LogP contribution >= 0.6 is 0 Å². The summed E-state index contributed by atoms with van der Waals surface area (Å²) >= 11 is 0. The average molecular weight is 452 g/mol. The standard InChI is InChI=1S/C24H25N3O4S/c1-18-2-6-21(7-3-18)26-32(29,30)23-12-8-20(9-13-23)25-24(28)19-4-10-22(11-5-19)27-14-16-31-17-15-27/h2-13,26H,14-17H2,1H3,(H,25,28). The Bertz CT molecular complexity index is 1170. The maximum Gasteiger partial charge on any atom is 0.261 e. The van der Waals surface area contributed by atoms with Crippen molar-refractivity contribution in [2.45, 2.75) is 11.8 Å². The van der Waals surface area contributed by atoms with Crippen LogP contribution in [-0.2, 0) is 14.8 Å². The number of carbonyl (C=O) groups is 1. The summed E-state index contributed by atoms with van der Waals surface area (Å²) in [6, 6.07) is 20.6. The number of aryl methyl sites for hydroxylation is 1. The molecule has 0 saturated carbocycles. The second kappa shape index (κ2) is 9.42. The molecule has 0 aliphatic carbocycles. The van der Waals surface area contributed by atoms with Gasteiger partial charge in [0.25, 0.3) is 15.9 Å². The topological polar surface area (TPSA) is 87.7 Å². The van der Waals surface area contributed by atoms with Gasteiger partial charge in [0.05, 0.1) is 18.1 Å². The number of rotatable bonds is 6. The number of nitrogens with one attached hydrogen (secondary N) is 2. The monoisotopic (exact) mass is 451 g/mol. The first kappa shape index (κ1) is 21.9. The number of morpholine rings is 1. The number of anilines is 3. The molecule has 2 N–H and O–H groups in total. The van der Waals surface area contributed by atoms with Gasteiger partial charge in [-0.3, -0.25) is 9.52 Å². The zero-order valence-electron chi connectivity index (χ0n) is 17.7. The number of benzene rings is 3. The molecule has 1 aliphatic heterocycles. The minimum atomic E-state index is -3.72. The summed E-state index contributed by atoms with van der Waals surface area (Å²) in [6.07, 6.45) is 0. The third-order valence-corrected chi connectivity index (χ3v) is 6.63. The van der Waals surface area contributed by atoms with Crippen molar-refractivity contribution < 1.29 is 17.9 Å². The first-order chi connectivity index (χ1) is 15.4. The van der Waals surface area contributed by atoms with Gasteiger partial charge in [0.2, 0.25) is 0 Å². The highest BCUT2D eigenvalue weighted by Gasteiger charge is 2.15. The predicted molar refractivity (Wildman–Crippen MR) is 126 cm³/mol. The van der Waals surface area contributed by atoms with Gasteiger partial charge in [-0.25, -0.2) is 8.42 Å². The molecular formula is C24H25N3O4S. The summed E-state index contributed by atoms with van der Waals surface area (Å²) in [5.41, 5.74) is 3.64. The SMILES string of the molecule is Cc1ccc(NS(=O)(=O)c2ccc(NC(=O)c3ccc(N4CCOCC4)cc3)cc2)cc1. The Labute approximate surface area is 188 Å². The van der Waals surface area contributed by atoms with E-state index >= 15 is 0 Å². The quantitative estimate of drug-likeness (QED) is 0.594. The molecule has 0 aromatic heterocycles. The zero-order valence-corrected chi connectivity index (χ0v) is 18.6. The Kier molecular flexibility index (Phi) is 6.43. The third-order valence-electron chi connectivity index (χ3n) is 5.23. The van der Waals surface area contributed by atoms with Crippen LogP contribution in [0.4, 0.5) is 17.1 Å². The molecular weight excluding hydrogens is 426 g/mol. The normalized spacial score (nSPS) is 14.1. The summed E-state index contributed by atoms with van der Waals surface area (Å²) in [7, 11) is -3.72. The molecule has 4 rings (SSSR count). The van der Waals surface area contributed by atoms with Gasteiger partial charge in [0.15, 0.2) is 0 Å². The molecule has 0 atom stereocenters. The van der Waals surface area contributed by atoms with Gasteiger partial charge in [-0.15, -0.1) is 0 Å². The number of nitrogens with zero attached hydrogens (tertiary/aromatic N) is 1. The van der Waals surface area contributed by atoms with Crippen molar-refractivity contribution in [1.29, 1.82) is 0 Å². The molecule has 1 heterocycles. The fraction of sp³-hybridized carbons (Fsp3) is 0.208. The molecule has 1 amide bonds. The summed E-state index contributed by atoms with van der Waals surface area (Å²) in [5.74, 6) is -0.257. The van der Waals surface area contributed by atoms with Crippen molar-refractivity contribution in [3.63, 3.8) is 0 Å². The van der Waals surface area contributed by atoms with Crippen LogP contribution in [0.5, 0.6) is 0 Å². The first-order valence-corrected chi connectivity index (χ1v) is 11.8. The molecule has 166 valence electrons. The fourth-order valence-electron chi connectivity index (χ4n) is 3.40. The maximum absolute atomic E-state index is 12.6. The number of sulfonamides is 1. The summed E-state index contributed by atoms with van der Waals surface area (Å²) in [6.45, 7) is 5.01. The Morgan fingerprint density at radius 1 is 0.844 bits per heavy atom. The van der Waals surface area contributed by atoms with Gasteiger partial charge in [-0.05, 0) is 67.6 Å². The van der Waals surface area contributed by atoms with Gasteiger partial charge in [0, 0.05) is 35.7 Å². The molecule has 7 nitrogen and oxygen atoms in total. The van der Waals surface area contributed by atoms with E-state index in [0.29, 0.717) is 30.2 Å². The molecule has 1 saturated heterocycles. The van der Waals surface area contributed by atoms with E-state index in [0.717, 1.165) is 24.3 Å². The largest absolute Gasteiger partial charge is 0.378 e. The van der Waals surface area contributed by atoms with Gasteiger partial charge < -0.3 is 15.0 Å². The highest BCUT2D eigenvalue weighted by Crippen LogP contribution is 2.20. The number of hydrogen-bond donors (Lipinski definition) is 2. The number of ether oxygens (including phenoxy) is 1. The third kappa shape index (κ3) is 5.27. The Morgan fingerprint density at radius 2 is 1.44 bits per heavy atom. The van der Waals surface area contributed by atoms with Crippen LogP contribution < -0.4 is 14.9 Å². The lowest BCUT2D eigenvalue weighted by Gasteiger charge is -2.28. The average Bonchev–Trinajstić information content (AvgIpc) is 2.81. The van der Waals surface area contributed by atoms with Crippen LogP contribution in [-0.4, -0.2) is 40.6 Å². The minimum Gasteiger partial charge on any atom is -0.378 e. The molecule has 32 heavy (non-hydrogen) atoms. The molecule has 0 unspecified atom stereocenters. The van der Waals surface area contributed by atoms with Crippen LogP contribution in [0.2, 0.25) is 0 Å². The lowest BCUT2D eigenvalue weighted by atomic mass is 10.1. The summed E-state index contributed by atoms with van der Waals surface area (Å²) in [4.78, 5) is 14.9. The van der Waals surface area contributed by atoms with E-state index in [9.17, 15) is 13.2 Å². The van der Waals surface area contributed by atoms with E-state index in [1.807, 2.05) is 31.2 Å². The fourth-order valence-corrected chi connectivity index (χ4v) is 4.46. The number of hydrogen-bond acceptors (Lipinski definition) is 5. The second-order valence-electron chi connectivity index (χ2n) is 7.60. The van der Waals surface area contributed by atoms with Crippen molar-refractivity contribution >= 4 is 33.0 Å². The van der Waals surface area contributed by atoms with E-state index in [-0.39, 0.29) is 10.8 Å². The molecule has 1 fully saturated rings. The van der Waals surface area contributed by atoms with Crippen molar-refractivity contribution in [2.75, 3.05) is 41.2 Å². The second-order valence-corrected chi connectivity index (χ2v) is 9.28. The van der Waals surface area contributed by atoms with Crippen LogP contribution in [0.15, 0.2) is 77.7 Å². The van der Waals surface area contributed by atoms with Crippen molar-refractivity contribution in [1.82, 2.24) is 0 Å². The molecule has 0 radical (unpaired) electrons. The zero-order chi connectivity index (χ0) is 22.6. The van der Waals surface area contributed by atoms with Gasteiger partial charge in [0.1, 0.15) is 0 Å². The number of amides is 1. The smallest absolute Gasteiger partial charge is 0.261 e. The molecule has 8 heteroatoms. The van der Waals surface area contributed by atoms with Gasteiger partial charge in [-0.2, -0.15) is 0 Å². The van der Waals surface area contributed by atoms with Gasteiger partial charge >= 0.3 is 0 Å². The van der Waals surface area contributed by atoms with E-state index in [1.54, 1.807) is 36.4 Å². The Morgan fingerprint density at radius 3 is 2.06 bits per heavy atom. The van der Waals surface area contributed by atoms with Crippen LogP contribution in [0.25, 0.3) is 0 Å². The first-order valence-electron chi connectivity index (χ1n) is 10.3. The molecule has 0 spiro atoms. The van der Waals surface area contributed by atoms with E-state index in [4.69, 9.17) is 4.74 Å². The van der Waals surface area contributed by atoms with Gasteiger partial charge in [-0.1, -0.05) is 17.7 Å². The lowest BCUT2D eigenvalue weighted by molar-refractivity contribution is 0.102. The lowest BCUT2D eigenvalue weighted by Crippen LogP contribution is -2.36.